The summed E-state index contributed by atoms with van der Waals surface area (Å²) in [5.74, 6) is -1.61. The minimum absolute atomic E-state index is 0.0193. The number of nitrogens with one attached hydrogen (secondary N) is 1. The molecule has 1 N–H and O–H groups in total. The van der Waals surface area contributed by atoms with Gasteiger partial charge in [0.15, 0.2) is 0 Å². The number of hydrogen-bond acceptors (Lipinski definition) is 4. The van der Waals surface area contributed by atoms with Gasteiger partial charge < -0.3 is 10.2 Å². The molecule has 9 heteroatoms. The van der Waals surface area contributed by atoms with Crippen LogP contribution in [0.4, 0.5) is 10.1 Å². The third kappa shape index (κ3) is 7.16. The van der Waals surface area contributed by atoms with Gasteiger partial charge >= 0.3 is 0 Å². The van der Waals surface area contributed by atoms with Crippen LogP contribution >= 0.6 is 0 Å². The summed E-state index contributed by atoms with van der Waals surface area (Å²) >= 11 is 0. The summed E-state index contributed by atoms with van der Waals surface area (Å²) in [4.78, 5) is 28.0. The van der Waals surface area contributed by atoms with E-state index in [1.807, 2.05) is 20.8 Å². The van der Waals surface area contributed by atoms with Crippen LogP contribution in [0.2, 0.25) is 0 Å². The second-order valence-electron chi connectivity index (χ2n) is 9.69. The third-order valence-electron chi connectivity index (χ3n) is 5.62. The van der Waals surface area contributed by atoms with Crippen molar-refractivity contribution >= 4 is 27.5 Å². The molecule has 0 saturated carbocycles. The van der Waals surface area contributed by atoms with Crippen molar-refractivity contribution in [2.45, 2.75) is 50.7 Å². The first-order valence-electron chi connectivity index (χ1n) is 11.9. The number of amides is 2. The lowest BCUT2D eigenvalue weighted by atomic mass is 10.1. The van der Waals surface area contributed by atoms with Gasteiger partial charge in [-0.15, -0.1) is 0 Å². The predicted molar refractivity (Wildman–Crippen MR) is 142 cm³/mol. The average Bonchev–Trinajstić information content (AvgIpc) is 2.86. The van der Waals surface area contributed by atoms with E-state index in [-0.39, 0.29) is 22.7 Å². The first-order chi connectivity index (χ1) is 17.4. The maximum atomic E-state index is 14.5. The Morgan fingerprint density at radius 2 is 1.43 bits per heavy atom. The molecule has 3 aromatic rings. The van der Waals surface area contributed by atoms with E-state index >= 15 is 0 Å². The Balaban J connectivity index is 2.01. The Labute approximate surface area is 218 Å². The molecule has 1 atom stereocenters. The Bertz CT molecular complexity index is 1330. The van der Waals surface area contributed by atoms with Crippen molar-refractivity contribution in [2.75, 3.05) is 10.8 Å². The van der Waals surface area contributed by atoms with Gasteiger partial charge in [0.2, 0.25) is 11.8 Å². The third-order valence-corrected chi connectivity index (χ3v) is 7.41. The van der Waals surface area contributed by atoms with E-state index in [2.05, 4.69) is 5.32 Å². The van der Waals surface area contributed by atoms with Crippen LogP contribution in [0.5, 0.6) is 0 Å². The fraction of sp³-hybridized carbons (Fsp3) is 0.286. The van der Waals surface area contributed by atoms with Gasteiger partial charge in [-0.2, -0.15) is 0 Å². The highest BCUT2D eigenvalue weighted by Crippen LogP contribution is 2.24. The first-order valence-corrected chi connectivity index (χ1v) is 13.3. The van der Waals surface area contributed by atoms with E-state index in [0.29, 0.717) is 0 Å². The fourth-order valence-electron chi connectivity index (χ4n) is 3.71. The summed E-state index contributed by atoms with van der Waals surface area (Å²) < 4.78 is 42.8. The summed E-state index contributed by atoms with van der Waals surface area (Å²) in [5.41, 5.74) is -0.0640. The van der Waals surface area contributed by atoms with Crippen LogP contribution in [-0.4, -0.2) is 43.3 Å². The van der Waals surface area contributed by atoms with Gasteiger partial charge in [0.05, 0.1) is 10.6 Å². The molecule has 37 heavy (non-hydrogen) atoms. The molecule has 0 radical (unpaired) electrons. The smallest absolute Gasteiger partial charge is 0.264 e. The monoisotopic (exact) mass is 525 g/mol. The molecule has 3 rings (SSSR count). The lowest BCUT2D eigenvalue weighted by molar-refractivity contribution is -0.140. The number of halogens is 1. The zero-order valence-corrected chi connectivity index (χ0v) is 22.2. The van der Waals surface area contributed by atoms with Gasteiger partial charge in [-0.05, 0) is 58.0 Å². The maximum absolute atomic E-state index is 14.5. The number of anilines is 1. The molecule has 0 aliphatic rings. The van der Waals surface area contributed by atoms with E-state index < -0.39 is 45.8 Å². The molecule has 0 bridgehead atoms. The molecular weight excluding hydrogens is 493 g/mol. The summed E-state index contributed by atoms with van der Waals surface area (Å²) in [6.45, 7) is 6.18. The standard InChI is InChI=1S/C28H32FN3O4S/c1-21(27(34)30-28(2,3)4)31(19-22-13-11-12-18-25(22)29)26(33)20-32(23-14-7-5-8-15-23)37(35,36)24-16-9-6-10-17-24/h5-18,21H,19-20H2,1-4H3,(H,30,34)/t21-/m0/s1. The summed E-state index contributed by atoms with van der Waals surface area (Å²) in [7, 11) is -4.13. The number of para-hydroxylation sites is 1. The number of carbonyl (C=O) groups excluding carboxylic acids is 2. The second kappa shape index (κ2) is 11.6. The summed E-state index contributed by atoms with van der Waals surface area (Å²) in [5, 5.41) is 2.84. The molecule has 0 heterocycles. The Morgan fingerprint density at radius 3 is 2.00 bits per heavy atom. The van der Waals surface area contributed by atoms with E-state index in [4.69, 9.17) is 0 Å². The lowest BCUT2D eigenvalue weighted by Crippen LogP contribution is -2.54. The van der Waals surface area contributed by atoms with Gasteiger partial charge in [0.1, 0.15) is 18.4 Å². The minimum atomic E-state index is -4.13. The van der Waals surface area contributed by atoms with Crippen molar-refractivity contribution < 1.29 is 22.4 Å². The van der Waals surface area contributed by atoms with Crippen LogP contribution < -0.4 is 9.62 Å². The zero-order valence-electron chi connectivity index (χ0n) is 21.4. The number of hydrogen-bond donors (Lipinski definition) is 1. The van der Waals surface area contributed by atoms with E-state index in [9.17, 15) is 22.4 Å². The van der Waals surface area contributed by atoms with Crippen LogP contribution in [0.3, 0.4) is 0 Å². The van der Waals surface area contributed by atoms with Crippen molar-refractivity contribution in [1.82, 2.24) is 10.2 Å². The normalized spacial score (nSPS) is 12.5. The number of rotatable bonds is 9. The first kappa shape index (κ1) is 27.9. The quantitative estimate of drug-likeness (QED) is 0.450. The van der Waals surface area contributed by atoms with Crippen molar-refractivity contribution in [3.05, 3.63) is 96.3 Å². The topological polar surface area (TPSA) is 86.8 Å². The predicted octanol–water partition coefficient (Wildman–Crippen LogP) is 4.35. The maximum Gasteiger partial charge on any atom is 0.264 e. The molecule has 0 unspecified atom stereocenters. The molecule has 0 aliphatic heterocycles. The Hall–Kier alpha value is -3.72. The molecule has 3 aromatic carbocycles. The van der Waals surface area contributed by atoms with Gasteiger partial charge in [-0.25, -0.2) is 12.8 Å². The molecule has 2 amide bonds. The average molecular weight is 526 g/mol. The largest absolute Gasteiger partial charge is 0.350 e. The number of nitrogens with zero attached hydrogens (tertiary/aromatic N) is 2. The molecule has 0 saturated heterocycles. The minimum Gasteiger partial charge on any atom is -0.350 e. The number of sulfonamides is 1. The molecule has 0 fully saturated rings. The molecule has 0 aromatic heterocycles. The summed E-state index contributed by atoms with van der Waals surface area (Å²) in [6, 6.07) is 21.0. The van der Waals surface area contributed by atoms with Crippen LogP contribution in [0, 0.1) is 5.82 Å². The van der Waals surface area contributed by atoms with Crippen molar-refractivity contribution in [3.63, 3.8) is 0 Å². The van der Waals surface area contributed by atoms with Gasteiger partial charge in [0, 0.05) is 17.6 Å². The van der Waals surface area contributed by atoms with Crippen LogP contribution in [0.25, 0.3) is 0 Å². The highest BCUT2D eigenvalue weighted by Gasteiger charge is 2.33. The van der Waals surface area contributed by atoms with Crippen LogP contribution in [0.1, 0.15) is 33.3 Å². The molecule has 0 spiro atoms. The summed E-state index contributed by atoms with van der Waals surface area (Å²) in [6.07, 6.45) is 0. The SMILES string of the molecule is C[C@@H](C(=O)NC(C)(C)C)N(Cc1ccccc1F)C(=O)CN(c1ccccc1)S(=O)(=O)c1ccccc1. The highest BCUT2D eigenvalue weighted by molar-refractivity contribution is 7.92. The molecular formula is C28H32FN3O4S. The molecule has 0 aliphatic carbocycles. The molecule has 7 nitrogen and oxygen atoms in total. The highest BCUT2D eigenvalue weighted by atomic mass is 32.2. The van der Waals surface area contributed by atoms with E-state index in [1.165, 1.54) is 35.2 Å². The van der Waals surface area contributed by atoms with E-state index in [0.717, 1.165) is 4.31 Å². The second-order valence-corrected chi connectivity index (χ2v) is 11.6. The Morgan fingerprint density at radius 1 is 0.892 bits per heavy atom. The van der Waals surface area contributed by atoms with Crippen molar-refractivity contribution in [2.24, 2.45) is 0 Å². The Kier molecular flexibility index (Phi) is 8.70. The van der Waals surface area contributed by atoms with Gasteiger partial charge in [-0.1, -0.05) is 54.6 Å². The van der Waals surface area contributed by atoms with Crippen molar-refractivity contribution in [1.29, 1.82) is 0 Å². The van der Waals surface area contributed by atoms with Crippen molar-refractivity contribution in [3.8, 4) is 0 Å². The lowest BCUT2D eigenvalue weighted by Gasteiger charge is -2.33. The van der Waals surface area contributed by atoms with Gasteiger partial charge in [-0.3, -0.25) is 13.9 Å². The molecule has 196 valence electrons. The fourth-order valence-corrected chi connectivity index (χ4v) is 5.14. The van der Waals surface area contributed by atoms with Gasteiger partial charge in [0.25, 0.3) is 10.0 Å². The zero-order chi connectivity index (χ0) is 27.2. The number of carbonyl (C=O) groups is 2. The van der Waals surface area contributed by atoms with Crippen LogP contribution in [0.15, 0.2) is 89.8 Å². The van der Waals surface area contributed by atoms with Crippen LogP contribution in [-0.2, 0) is 26.2 Å². The number of benzene rings is 3. The van der Waals surface area contributed by atoms with E-state index in [1.54, 1.807) is 61.5 Å².